The van der Waals surface area contributed by atoms with Gasteiger partial charge >= 0.3 is 0 Å². The standard InChI is InChI=1S/C14H19ClN2O2/c1-9(2)13-14(18)17(7-3-6-16)11-8-10(15)4-5-12(11)19-13/h4-5,8-9,13H,3,6-7,16H2,1-2H3. The molecule has 104 valence electrons. The highest BCUT2D eigenvalue weighted by Gasteiger charge is 2.35. The molecule has 0 saturated heterocycles. The molecule has 1 heterocycles. The van der Waals surface area contributed by atoms with Gasteiger partial charge in [0.1, 0.15) is 5.75 Å². The largest absolute Gasteiger partial charge is 0.478 e. The number of benzene rings is 1. The minimum Gasteiger partial charge on any atom is -0.478 e. The van der Waals surface area contributed by atoms with E-state index in [1.165, 1.54) is 0 Å². The third-order valence-corrected chi connectivity index (χ3v) is 3.40. The van der Waals surface area contributed by atoms with Gasteiger partial charge in [-0.15, -0.1) is 0 Å². The number of rotatable bonds is 4. The first-order valence-electron chi connectivity index (χ1n) is 6.52. The fourth-order valence-corrected chi connectivity index (χ4v) is 2.33. The van der Waals surface area contributed by atoms with Crippen molar-refractivity contribution in [3.63, 3.8) is 0 Å². The van der Waals surface area contributed by atoms with Crippen molar-refractivity contribution in [3.05, 3.63) is 23.2 Å². The van der Waals surface area contributed by atoms with Crippen LogP contribution in [0.25, 0.3) is 0 Å². The molecule has 1 aliphatic heterocycles. The van der Waals surface area contributed by atoms with Crippen LogP contribution in [0.2, 0.25) is 5.02 Å². The summed E-state index contributed by atoms with van der Waals surface area (Å²) in [5.41, 5.74) is 6.28. The van der Waals surface area contributed by atoms with Crippen molar-refractivity contribution in [1.29, 1.82) is 0 Å². The van der Waals surface area contributed by atoms with E-state index in [-0.39, 0.29) is 11.8 Å². The number of nitrogens with two attached hydrogens (primary N) is 1. The summed E-state index contributed by atoms with van der Waals surface area (Å²) < 4.78 is 5.79. The molecular formula is C14H19ClN2O2. The number of halogens is 1. The SMILES string of the molecule is CC(C)C1Oc2ccc(Cl)cc2N(CCCN)C1=O. The van der Waals surface area contributed by atoms with E-state index in [2.05, 4.69) is 0 Å². The Kier molecular flexibility index (Phi) is 4.32. The first kappa shape index (κ1) is 14.2. The zero-order valence-electron chi connectivity index (χ0n) is 11.2. The Morgan fingerprint density at radius 1 is 1.47 bits per heavy atom. The quantitative estimate of drug-likeness (QED) is 0.923. The van der Waals surface area contributed by atoms with Gasteiger partial charge in [-0.2, -0.15) is 0 Å². The topological polar surface area (TPSA) is 55.6 Å². The third kappa shape index (κ3) is 2.85. The molecule has 19 heavy (non-hydrogen) atoms. The Bertz CT molecular complexity index is 477. The van der Waals surface area contributed by atoms with Crippen LogP contribution in [0.4, 0.5) is 5.69 Å². The van der Waals surface area contributed by atoms with Gasteiger partial charge in [0, 0.05) is 11.6 Å². The lowest BCUT2D eigenvalue weighted by molar-refractivity contribution is -0.128. The lowest BCUT2D eigenvalue weighted by atomic mass is 10.0. The summed E-state index contributed by atoms with van der Waals surface area (Å²) in [5.74, 6) is 0.814. The van der Waals surface area contributed by atoms with Crippen LogP contribution in [0.3, 0.4) is 0 Å². The van der Waals surface area contributed by atoms with Crippen LogP contribution in [0.5, 0.6) is 5.75 Å². The van der Waals surface area contributed by atoms with E-state index in [4.69, 9.17) is 22.1 Å². The van der Waals surface area contributed by atoms with Crippen molar-refractivity contribution in [3.8, 4) is 5.75 Å². The summed E-state index contributed by atoms with van der Waals surface area (Å²) in [6.07, 6.45) is 0.314. The van der Waals surface area contributed by atoms with Crippen LogP contribution >= 0.6 is 11.6 Å². The Morgan fingerprint density at radius 3 is 2.84 bits per heavy atom. The van der Waals surface area contributed by atoms with Gasteiger partial charge in [0.15, 0.2) is 6.10 Å². The number of anilines is 1. The molecule has 0 bridgehead atoms. The molecule has 2 rings (SSSR count). The predicted molar refractivity (Wildman–Crippen MR) is 76.7 cm³/mol. The molecule has 0 saturated carbocycles. The Labute approximate surface area is 118 Å². The van der Waals surface area contributed by atoms with E-state index in [0.717, 1.165) is 12.1 Å². The zero-order valence-corrected chi connectivity index (χ0v) is 12.0. The van der Waals surface area contributed by atoms with E-state index < -0.39 is 6.10 Å². The monoisotopic (exact) mass is 282 g/mol. The van der Waals surface area contributed by atoms with Gasteiger partial charge in [-0.3, -0.25) is 4.79 Å². The maximum Gasteiger partial charge on any atom is 0.268 e. The number of hydrogen-bond donors (Lipinski definition) is 1. The highest BCUT2D eigenvalue weighted by Crippen LogP contribution is 2.37. The molecule has 1 amide bonds. The average Bonchev–Trinajstić information content (AvgIpc) is 2.37. The zero-order chi connectivity index (χ0) is 14.0. The molecule has 0 radical (unpaired) electrons. The minimum absolute atomic E-state index is 0.0155. The first-order valence-corrected chi connectivity index (χ1v) is 6.90. The van der Waals surface area contributed by atoms with Gasteiger partial charge in [0.2, 0.25) is 0 Å². The highest BCUT2D eigenvalue weighted by molar-refractivity contribution is 6.31. The Balaban J connectivity index is 2.38. The highest BCUT2D eigenvalue weighted by atomic mass is 35.5. The van der Waals surface area contributed by atoms with Crippen molar-refractivity contribution < 1.29 is 9.53 Å². The molecule has 0 spiro atoms. The summed E-state index contributed by atoms with van der Waals surface area (Å²) in [7, 11) is 0. The normalized spacial score (nSPS) is 18.5. The maximum absolute atomic E-state index is 12.5. The second kappa shape index (κ2) is 5.80. The summed E-state index contributed by atoms with van der Waals surface area (Å²) in [5, 5.41) is 0.593. The van der Waals surface area contributed by atoms with Crippen LogP contribution in [-0.2, 0) is 4.79 Å². The lowest BCUT2D eigenvalue weighted by Crippen LogP contribution is -2.48. The first-order chi connectivity index (χ1) is 9.04. The molecule has 0 aromatic heterocycles. The van der Waals surface area contributed by atoms with E-state index >= 15 is 0 Å². The van der Waals surface area contributed by atoms with Gasteiger partial charge in [0.25, 0.3) is 5.91 Å². The molecule has 5 heteroatoms. The summed E-state index contributed by atoms with van der Waals surface area (Å²) in [6.45, 7) is 5.09. The predicted octanol–water partition coefficient (Wildman–Crippen LogP) is 2.44. The molecule has 4 nitrogen and oxygen atoms in total. The number of hydrogen-bond acceptors (Lipinski definition) is 3. The minimum atomic E-state index is -0.438. The molecule has 1 atom stereocenters. The molecule has 0 fully saturated rings. The van der Waals surface area contributed by atoms with Gasteiger partial charge in [0.05, 0.1) is 5.69 Å². The summed E-state index contributed by atoms with van der Waals surface area (Å²) in [6, 6.07) is 5.35. The van der Waals surface area contributed by atoms with Crippen molar-refractivity contribution in [1.82, 2.24) is 0 Å². The Morgan fingerprint density at radius 2 is 2.21 bits per heavy atom. The van der Waals surface area contributed by atoms with Crippen molar-refractivity contribution in [2.45, 2.75) is 26.4 Å². The number of fused-ring (bicyclic) bond motifs is 1. The maximum atomic E-state index is 12.5. The van der Waals surface area contributed by atoms with Crippen LogP contribution in [0.1, 0.15) is 20.3 Å². The molecule has 0 aliphatic carbocycles. The van der Waals surface area contributed by atoms with Gasteiger partial charge in [-0.1, -0.05) is 25.4 Å². The molecule has 2 N–H and O–H groups in total. The van der Waals surface area contributed by atoms with Crippen molar-refractivity contribution in [2.75, 3.05) is 18.0 Å². The van der Waals surface area contributed by atoms with Gasteiger partial charge in [-0.25, -0.2) is 0 Å². The van der Waals surface area contributed by atoms with Crippen molar-refractivity contribution in [2.24, 2.45) is 11.7 Å². The molecule has 1 aliphatic rings. The smallest absolute Gasteiger partial charge is 0.268 e. The van der Waals surface area contributed by atoms with E-state index in [1.54, 1.807) is 17.0 Å². The number of carbonyl (C=O) groups excluding carboxylic acids is 1. The lowest BCUT2D eigenvalue weighted by Gasteiger charge is -2.36. The Hall–Kier alpha value is -1.26. The average molecular weight is 283 g/mol. The molecule has 1 aromatic rings. The van der Waals surface area contributed by atoms with Crippen LogP contribution in [0, 0.1) is 5.92 Å². The number of ether oxygens (including phenoxy) is 1. The molecule has 1 aromatic carbocycles. The second-order valence-electron chi connectivity index (χ2n) is 5.03. The van der Waals surface area contributed by atoms with E-state index in [1.807, 2.05) is 19.9 Å². The number of carbonyl (C=O) groups is 1. The van der Waals surface area contributed by atoms with Crippen LogP contribution < -0.4 is 15.4 Å². The second-order valence-corrected chi connectivity index (χ2v) is 5.46. The van der Waals surface area contributed by atoms with Gasteiger partial charge < -0.3 is 15.4 Å². The summed E-state index contributed by atoms with van der Waals surface area (Å²) in [4.78, 5) is 14.2. The fourth-order valence-electron chi connectivity index (χ4n) is 2.16. The van der Waals surface area contributed by atoms with E-state index in [9.17, 15) is 4.79 Å². The number of nitrogens with zero attached hydrogens (tertiary/aromatic N) is 1. The van der Waals surface area contributed by atoms with Gasteiger partial charge in [-0.05, 0) is 37.1 Å². The third-order valence-electron chi connectivity index (χ3n) is 3.17. The summed E-state index contributed by atoms with van der Waals surface area (Å²) >= 11 is 6.00. The van der Waals surface area contributed by atoms with Crippen LogP contribution in [-0.4, -0.2) is 25.1 Å². The molecule has 1 unspecified atom stereocenters. The fraction of sp³-hybridized carbons (Fsp3) is 0.500. The van der Waals surface area contributed by atoms with Crippen molar-refractivity contribution >= 4 is 23.2 Å². The van der Waals surface area contributed by atoms with E-state index in [0.29, 0.717) is 23.9 Å². The van der Waals surface area contributed by atoms with Crippen LogP contribution in [0.15, 0.2) is 18.2 Å². The number of amides is 1. The molecular weight excluding hydrogens is 264 g/mol.